The van der Waals surface area contributed by atoms with Crippen LogP contribution in [-0.2, 0) is 10.3 Å². The van der Waals surface area contributed by atoms with E-state index in [1.54, 1.807) is 0 Å². The quantitative estimate of drug-likeness (QED) is 0.840. The summed E-state index contributed by atoms with van der Waals surface area (Å²) >= 11 is 0. The largest absolute Gasteiger partial charge is 0.456 e. The SMILES string of the molecule is O[C@](c1ccccc1)([C@@H]1CNCCO1)C(F)(F)C(F)(F)F. The van der Waals surface area contributed by atoms with E-state index in [-0.39, 0.29) is 13.2 Å². The van der Waals surface area contributed by atoms with Gasteiger partial charge in [0.05, 0.1) is 6.61 Å². The van der Waals surface area contributed by atoms with Gasteiger partial charge in [-0.25, -0.2) is 0 Å². The predicted molar refractivity (Wildman–Crippen MR) is 64.0 cm³/mol. The lowest BCUT2D eigenvalue weighted by molar-refractivity contribution is -0.365. The molecular weight excluding hydrogens is 297 g/mol. The van der Waals surface area contributed by atoms with Crippen molar-refractivity contribution in [3.8, 4) is 0 Å². The highest BCUT2D eigenvalue weighted by molar-refractivity contribution is 5.28. The van der Waals surface area contributed by atoms with Gasteiger partial charge in [0.25, 0.3) is 0 Å². The normalized spacial score (nSPS) is 23.6. The molecule has 0 amide bonds. The van der Waals surface area contributed by atoms with Crippen molar-refractivity contribution in [2.24, 2.45) is 0 Å². The first-order chi connectivity index (χ1) is 9.71. The van der Waals surface area contributed by atoms with Crippen LogP contribution in [0.5, 0.6) is 0 Å². The van der Waals surface area contributed by atoms with E-state index in [9.17, 15) is 27.1 Å². The van der Waals surface area contributed by atoms with E-state index in [1.165, 1.54) is 18.2 Å². The van der Waals surface area contributed by atoms with Crippen molar-refractivity contribution in [3.63, 3.8) is 0 Å². The fraction of sp³-hybridized carbons (Fsp3) is 0.538. The van der Waals surface area contributed by atoms with Crippen LogP contribution in [0, 0.1) is 0 Å². The Morgan fingerprint density at radius 2 is 1.71 bits per heavy atom. The number of nitrogens with one attached hydrogen (secondary N) is 1. The second-order valence-electron chi connectivity index (χ2n) is 4.77. The molecule has 0 aromatic heterocycles. The van der Waals surface area contributed by atoms with Crippen molar-refractivity contribution in [1.82, 2.24) is 5.32 Å². The summed E-state index contributed by atoms with van der Waals surface area (Å²) in [4.78, 5) is 0. The van der Waals surface area contributed by atoms with Crippen LogP contribution >= 0.6 is 0 Å². The van der Waals surface area contributed by atoms with Crippen LogP contribution in [0.15, 0.2) is 30.3 Å². The molecule has 0 radical (unpaired) electrons. The number of aliphatic hydroxyl groups is 1. The van der Waals surface area contributed by atoms with E-state index >= 15 is 0 Å². The molecule has 1 fully saturated rings. The average Bonchev–Trinajstić information content (AvgIpc) is 2.47. The van der Waals surface area contributed by atoms with Gasteiger partial charge in [-0.2, -0.15) is 22.0 Å². The minimum absolute atomic E-state index is 0.0618. The zero-order valence-corrected chi connectivity index (χ0v) is 10.8. The molecule has 2 atom stereocenters. The number of alkyl halides is 5. The standard InChI is InChI=1S/C13H14F5NO2/c14-12(15,13(16,17)18)11(20,9-4-2-1-3-5-9)10-8-19-6-7-21-10/h1-5,10,19-20H,6-8H2/t10-,11+/m0/s1. The van der Waals surface area contributed by atoms with Gasteiger partial charge in [-0.05, 0) is 5.56 Å². The fourth-order valence-corrected chi connectivity index (χ4v) is 2.31. The zero-order valence-electron chi connectivity index (χ0n) is 10.8. The van der Waals surface area contributed by atoms with Crippen LogP contribution in [0.25, 0.3) is 0 Å². The molecule has 8 heteroatoms. The third-order valence-electron chi connectivity index (χ3n) is 3.44. The molecule has 0 spiro atoms. The fourth-order valence-electron chi connectivity index (χ4n) is 2.31. The molecule has 3 nitrogen and oxygen atoms in total. The van der Waals surface area contributed by atoms with Gasteiger partial charge >= 0.3 is 12.1 Å². The maximum atomic E-state index is 14.0. The van der Waals surface area contributed by atoms with Gasteiger partial charge in [-0.15, -0.1) is 0 Å². The third-order valence-corrected chi connectivity index (χ3v) is 3.44. The van der Waals surface area contributed by atoms with E-state index < -0.39 is 29.4 Å². The summed E-state index contributed by atoms with van der Waals surface area (Å²) in [5.74, 6) is -5.36. The Morgan fingerprint density at radius 3 is 2.19 bits per heavy atom. The van der Waals surface area contributed by atoms with Crippen molar-refractivity contribution in [1.29, 1.82) is 0 Å². The molecule has 1 aliphatic heterocycles. The Hall–Kier alpha value is -1.25. The molecule has 2 rings (SSSR count). The molecule has 1 heterocycles. The topological polar surface area (TPSA) is 41.5 Å². The molecule has 1 aliphatic rings. The first-order valence-electron chi connectivity index (χ1n) is 6.26. The van der Waals surface area contributed by atoms with E-state index in [0.717, 1.165) is 12.1 Å². The molecule has 0 aliphatic carbocycles. The first kappa shape index (κ1) is 16.1. The molecule has 0 unspecified atom stereocenters. The molecule has 1 aromatic rings. The Balaban J connectivity index is 2.53. The van der Waals surface area contributed by atoms with Crippen LogP contribution in [0.1, 0.15) is 5.56 Å². The van der Waals surface area contributed by atoms with E-state index in [0.29, 0.717) is 6.54 Å². The molecule has 21 heavy (non-hydrogen) atoms. The van der Waals surface area contributed by atoms with E-state index in [2.05, 4.69) is 5.32 Å². The predicted octanol–water partition coefficient (Wildman–Crippen LogP) is 2.06. The second-order valence-corrected chi connectivity index (χ2v) is 4.77. The number of hydrogen-bond acceptors (Lipinski definition) is 3. The van der Waals surface area contributed by atoms with Crippen molar-refractivity contribution in [2.45, 2.75) is 23.8 Å². The summed E-state index contributed by atoms with van der Waals surface area (Å²) in [5.41, 5.74) is -4.04. The van der Waals surface area contributed by atoms with Crippen molar-refractivity contribution in [3.05, 3.63) is 35.9 Å². The lowest BCUT2D eigenvalue weighted by Gasteiger charge is -2.43. The molecule has 0 bridgehead atoms. The molecule has 0 saturated carbocycles. The highest BCUT2D eigenvalue weighted by atomic mass is 19.4. The summed E-state index contributed by atoms with van der Waals surface area (Å²) in [6.07, 6.45) is -7.62. The van der Waals surface area contributed by atoms with Crippen LogP contribution < -0.4 is 5.32 Å². The van der Waals surface area contributed by atoms with Crippen molar-refractivity contribution < 1.29 is 31.8 Å². The Bertz CT molecular complexity index is 473. The van der Waals surface area contributed by atoms with E-state index in [1.807, 2.05) is 0 Å². The summed E-state index contributed by atoms with van der Waals surface area (Å²) in [6, 6.07) is 6.07. The molecule has 1 aromatic carbocycles. The summed E-state index contributed by atoms with van der Waals surface area (Å²) < 4.78 is 71.3. The lowest BCUT2D eigenvalue weighted by Crippen LogP contribution is -2.64. The van der Waals surface area contributed by atoms with Gasteiger partial charge in [0, 0.05) is 13.1 Å². The smallest absolute Gasteiger partial charge is 0.376 e. The summed E-state index contributed by atoms with van der Waals surface area (Å²) in [6.45, 7) is -0.0518. The number of halogens is 5. The molecular formula is C13H14F5NO2. The Kier molecular flexibility index (Phi) is 4.23. The Morgan fingerprint density at radius 1 is 1.10 bits per heavy atom. The number of benzene rings is 1. The monoisotopic (exact) mass is 311 g/mol. The highest BCUT2D eigenvalue weighted by Crippen LogP contribution is 2.50. The number of rotatable bonds is 3. The third kappa shape index (κ3) is 2.63. The van der Waals surface area contributed by atoms with Crippen molar-refractivity contribution in [2.75, 3.05) is 19.7 Å². The number of morpholine rings is 1. The maximum Gasteiger partial charge on any atom is 0.456 e. The Labute approximate surface area is 117 Å². The zero-order chi connectivity index (χ0) is 15.7. The van der Waals surface area contributed by atoms with E-state index in [4.69, 9.17) is 4.74 Å². The average molecular weight is 311 g/mol. The van der Waals surface area contributed by atoms with Gasteiger partial charge in [0.15, 0.2) is 5.60 Å². The van der Waals surface area contributed by atoms with Crippen LogP contribution in [0.3, 0.4) is 0 Å². The maximum absolute atomic E-state index is 14.0. The second kappa shape index (κ2) is 5.51. The van der Waals surface area contributed by atoms with Gasteiger partial charge in [-0.1, -0.05) is 30.3 Å². The van der Waals surface area contributed by atoms with Crippen LogP contribution in [0.4, 0.5) is 22.0 Å². The minimum atomic E-state index is -5.90. The number of hydrogen-bond donors (Lipinski definition) is 2. The first-order valence-corrected chi connectivity index (χ1v) is 6.26. The van der Waals surface area contributed by atoms with Gasteiger partial charge in [-0.3, -0.25) is 0 Å². The molecule has 118 valence electrons. The minimum Gasteiger partial charge on any atom is -0.376 e. The molecule has 1 saturated heterocycles. The lowest BCUT2D eigenvalue weighted by atomic mass is 9.81. The van der Waals surface area contributed by atoms with Gasteiger partial charge in [0.2, 0.25) is 0 Å². The van der Waals surface area contributed by atoms with Crippen LogP contribution in [-0.4, -0.2) is 43.0 Å². The van der Waals surface area contributed by atoms with Gasteiger partial charge in [0.1, 0.15) is 6.10 Å². The summed E-state index contributed by atoms with van der Waals surface area (Å²) in [5, 5.41) is 13.0. The number of ether oxygens (including phenoxy) is 1. The van der Waals surface area contributed by atoms with Crippen LogP contribution in [0.2, 0.25) is 0 Å². The highest BCUT2D eigenvalue weighted by Gasteiger charge is 2.73. The van der Waals surface area contributed by atoms with Crippen molar-refractivity contribution >= 4 is 0 Å². The van der Waals surface area contributed by atoms with Gasteiger partial charge < -0.3 is 15.2 Å². The summed E-state index contributed by atoms with van der Waals surface area (Å²) in [7, 11) is 0. The molecule has 2 N–H and O–H groups in total.